The minimum atomic E-state index is -1.11. The number of carboxylic acids is 1. The highest BCUT2D eigenvalue weighted by atomic mass is 16.4. The van der Waals surface area contributed by atoms with Crippen LogP contribution in [0.1, 0.15) is 23.0 Å². The molecule has 1 heterocycles. The van der Waals surface area contributed by atoms with Crippen LogP contribution in [0.15, 0.2) is 22.6 Å². The normalized spacial score (nSPS) is 10.6. The summed E-state index contributed by atoms with van der Waals surface area (Å²) in [5.41, 5.74) is 1.64. The minimum Gasteiger partial charge on any atom is -0.475 e. The molecule has 94 valence electrons. The second-order valence-electron chi connectivity index (χ2n) is 4.09. The van der Waals surface area contributed by atoms with Crippen molar-refractivity contribution in [3.63, 3.8) is 0 Å². The van der Waals surface area contributed by atoms with Crippen molar-refractivity contribution in [3.05, 3.63) is 29.5 Å². The maximum absolute atomic E-state index is 11.4. The highest BCUT2D eigenvalue weighted by Gasteiger charge is 2.20. The van der Waals surface area contributed by atoms with Crippen LogP contribution in [0.25, 0.3) is 11.0 Å². The lowest BCUT2D eigenvalue weighted by molar-refractivity contribution is -0.116. The van der Waals surface area contributed by atoms with Gasteiger partial charge in [-0.25, -0.2) is 4.79 Å². The number of hydrogen-bond donors (Lipinski definition) is 1. The number of carbonyl (C=O) groups excluding carboxylic acids is 1. The van der Waals surface area contributed by atoms with Crippen LogP contribution in [0, 0.1) is 6.92 Å². The number of nitrogens with zero attached hydrogens (tertiary/aromatic N) is 1. The standard InChI is InChI=1S/C13H13NO4/c1-7-11-9(14(3)8(2)15)5-4-6-10(11)18-12(7)13(16)17/h4-6H,1-3H3,(H,16,17). The topological polar surface area (TPSA) is 70.8 Å². The van der Waals surface area contributed by atoms with Crippen LogP contribution >= 0.6 is 0 Å². The quantitative estimate of drug-likeness (QED) is 0.884. The van der Waals surface area contributed by atoms with E-state index in [4.69, 9.17) is 9.52 Å². The molecule has 0 aliphatic heterocycles. The number of carboxylic acid groups (broad SMARTS) is 1. The smallest absolute Gasteiger partial charge is 0.372 e. The summed E-state index contributed by atoms with van der Waals surface area (Å²) in [6.07, 6.45) is 0. The predicted molar refractivity (Wildman–Crippen MR) is 67.0 cm³/mol. The Hall–Kier alpha value is -2.30. The molecule has 0 saturated heterocycles. The summed E-state index contributed by atoms with van der Waals surface area (Å²) in [5.74, 6) is -1.32. The summed E-state index contributed by atoms with van der Waals surface area (Å²) < 4.78 is 5.29. The number of fused-ring (bicyclic) bond motifs is 1. The van der Waals surface area contributed by atoms with Crippen molar-refractivity contribution >= 4 is 28.5 Å². The molecule has 5 heteroatoms. The maximum atomic E-state index is 11.4. The number of amides is 1. The Morgan fingerprint density at radius 2 is 2.00 bits per heavy atom. The Morgan fingerprint density at radius 3 is 2.56 bits per heavy atom. The third-order valence-electron chi connectivity index (χ3n) is 2.96. The van der Waals surface area contributed by atoms with Gasteiger partial charge in [0.25, 0.3) is 0 Å². The van der Waals surface area contributed by atoms with E-state index < -0.39 is 5.97 Å². The first-order valence-corrected chi connectivity index (χ1v) is 5.43. The summed E-state index contributed by atoms with van der Waals surface area (Å²) in [4.78, 5) is 23.9. The van der Waals surface area contributed by atoms with E-state index in [1.54, 1.807) is 32.2 Å². The molecule has 0 aliphatic rings. The summed E-state index contributed by atoms with van der Waals surface area (Å²) in [6.45, 7) is 3.12. The van der Waals surface area contributed by atoms with Crippen molar-refractivity contribution in [2.75, 3.05) is 11.9 Å². The molecule has 18 heavy (non-hydrogen) atoms. The second kappa shape index (κ2) is 4.18. The molecule has 0 atom stereocenters. The molecular weight excluding hydrogens is 234 g/mol. The number of aryl methyl sites for hydroxylation is 1. The van der Waals surface area contributed by atoms with Gasteiger partial charge in [0.05, 0.1) is 5.69 Å². The third kappa shape index (κ3) is 1.73. The average molecular weight is 247 g/mol. The van der Waals surface area contributed by atoms with E-state index in [2.05, 4.69) is 0 Å². The molecule has 1 N–H and O–H groups in total. The highest BCUT2D eigenvalue weighted by Crippen LogP contribution is 2.33. The van der Waals surface area contributed by atoms with Gasteiger partial charge in [-0.05, 0) is 19.1 Å². The first-order chi connectivity index (χ1) is 8.43. The van der Waals surface area contributed by atoms with Crippen LogP contribution in [-0.4, -0.2) is 24.0 Å². The Labute approximate surface area is 104 Å². The van der Waals surface area contributed by atoms with Gasteiger partial charge in [-0.1, -0.05) is 6.07 Å². The van der Waals surface area contributed by atoms with Gasteiger partial charge in [0.15, 0.2) is 0 Å². The largest absolute Gasteiger partial charge is 0.475 e. The Bertz CT molecular complexity index is 642. The van der Waals surface area contributed by atoms with Gasteiger partial charge in [-0.3, -0.25) is 4.79 Å². The predicted octanol–water partition coefficient (Wildman–Crippen LogP) is 2.42. The number of aromatic carboxylic acids is 1. The zero-order chi connectivity index (χ0) is 13.4. The molecule has 1 aromatic carbocycles. The van der Waals surface area contributed by atoms with E-state index in [1.807, 2.05) is 0 Å². The van der Waals surface area contributed by atoms with Gasteiger partial charge in [-0.2, -0.15) is 0 Å². The average Bonchev–Trinajstić information content (AvgIpc) is 2.66. The van der Waals surface area contributed by atoms with Gasteiger partial charge >= 0.3 is 5.97 Å². The summed E-state index contributed by atoms with van der Waals surface area (Å²) in [5, 5.41) is 9.69. The van der Waals surface area contributed by atoms with E-state index in [0.717, 1.165) is 0 Å². The van der Waals surface area contributed by atoms with Gasteiger partial charge in [0.2, 0.25) is 11.7 Å². The van der Waals surface area contributed by atoms with E-state index in [9.17, 15) is 9.59 Å². The number of benzene rings is 1. The van der Waals surface area contributed by atoms with Gasteiger partial charge in [0.1, 0.15) is 5.58 Å². The molecular formula is C13H13NO4. The van der Waals surface area contributed by atoms with Crippen LogP contribution in [-0.2, 0) is 4.79 Å². The SMILES string of the molecule is CC(=O)N(C)c1cccc2oc(C(=O)O)c(C)c12. The van der Waals surface area contributed by atoms with Crippen molar-refractivity contribution in [2.45, 2.75) is 13.8 Å². The van der Waals surface area contributed by atoms with Gasteiger partial charge in [0, 0.05) is 24.9 Å². The molecule has 0 unspecified atom stereocenters. The van der Waals surface area contributed by atoms with Crippen molar-refractivity contribution in [2.24, 2.45) is 0 Å². The summed E-state index contributed by atoms with van der Waals surface area (Å²) in [6, 6.07) is 5.18. The molecule has 0 bridgehead atoms. The van der Waals surface area contributed by atoms with Crippen molar-refractivity contribution in [1.29, 1.82) is 0 Å². The summed E-state index contributed by atoms with van der Waals surface area (Å²) >= 11 is 0. The lowest BCUT2D eigenvalue weighted by atomic mass is 10.1. The molecule has 0 saturated carbocycles. The van der Waals surface area contributed by atoms with Crippen LogP contribution < -0.4 is 4.90 Å². The third-order valence-corrected chi connectivity index (χ3v) is 2.96. The number of rotatable bonds is 2. The van der Waals surface area contributed by atoms with E-state index >= 15 is 0 Å². The first-order valence-electron chi connectivity index (χ1n) is 5.43. The molecule has 5 nitrogen and oxygen atoms in total. The van der Waals surface area contributed by atoms with Gasteiger partial charge < -0.3 is 14.4 Å². The fraction of sp³-hybridized carbons (Fsp3) is 0.231. The van der Waals surface area contributed by atoms with Gasteiger partial charge in [-0.15, -0.1) is 0 Å². The Kier molecular flexibility index (Phi) is 2.82. The Morgan fingerprint density at radius 1 is 1.33 bits per heavy atom. The molecule has 1 aromatic heterocycles. The lowest BCUT2D eigenvalue weighted by Crippen LogP contribution is -2.22. The first kappa shape index (κ1) is 12.2. The van der Waals surface area contributed by atoms with Crippen molar-refractivity contribution < 1.29 is 19.1 Å². The van der Waals surface area contributed by atoms with E-state index in [1.165, 1.54) is 11.8 Å². The fourth-order valence-corrected chi connectivity index (χ4v) is 1.93. The molecule has 2 rings (SSSR count). The zero-order valence-electron chi connectivity index (χ0n) is 10.4. The molecule has 0 fully saturated rings. The molecule has 0 aliphatic carbocycles. The minimum absolute atomic E-state index is 0.0885. The number of carbonyl (C=O) groups is 2. The fourth-order valence-electron chi connectivity index (χ4n) is 1.93. The zero-order valence-corrected chi connectivity index (χ0v) is 10.4. The second-order valence-corrected chi connectivity index (χ2v) is 4.09. The summed E-state index contributed by atoms with van der Waals surface area (Å²) in [7, 11) is 1.64. The van der Waals surface area contributed by atoms with Crippen LogP contribution in [0.3, 0.4) is 0 Å². The molecule has 0 radical (unpaired) electrons. The van der Waals surface area contributed by atoms with Crippen molar-refractivity contribution in [3.8, 4) is 0 Å². The van der Waals surface area contributed by atoms with Crippen LogP contribution in [0.2, 0.25) is 0 Å². The monoisotopic (exact) mass is 247 g/mol. The Balaban J connectivity index is 2.76. The maximum Gasteiger partial charge on any atom is 0.372 e. The lowest BCUT2D eigenvalue weighted by Gasteiger charge is -2.16. The van der Waals surface area contributed by atoms with Crippen LogP contribution in [0.4, 0.5) is 5.69 Å². The number of furan rings is 1. The van der Waals surface area contributed by atoms with Crippen molar-refractivity contribution in [1.82, 2.24) is 0 Å². The van der Waals surface area contributed by atoms with E-state index in [-0.39, 0.29) is 11.7 Å². The molecule has 1 amide bonds. The molecule has 0 spiro atoms. The molecule has 2 aromatic rings. The van der Waals surface area contributed by atoms with E-state index in [0.29, 0.717) is 22.2 Å². The highest BCUT2D eigenvalue weighted by molar-refractivity contribution is 6.05. The number of anilines is 1. The van der Waals surface area contributed by atoms with Crippen LogP contribution in [0.5, 0.6) is 0 Å². The number of hydrogen-bond acceptors (Lipinski definition) is 3.